The van der Waals surface area contributed by atoms with Crippen molar-refractivity contribution in [2.75, 3.05) is 30.7 Å². The van der Waals surface area contributed by atoms with Crippen molar-refractivity contribution in [3.05, 3.63) is 64.8 Å². The fourth-order valence-corrected chi connectivity index (χ4v) is 3.47. The molecule has 12 heteroatoms. The van der Waals surface area contributed by atoms with Gasteiger partial charge in [-0.25, -0.2) is 9.97 Å². The van der Waals surface area contributed by atoms with Gasteiger partial charge in [-0.2, -0.15) is 4.52 Å². The van der Waals surface area contributed by atoms with Gasteiger partial charge in [-0.15, -0.1) is 15.3 Å². The molecular weight excluding hydrogens is 480 g/mol. The van der Waals surface area contributed by atoms with E-state index >= 15 is 0 Å². The van der Waals surface area contributed by atoms with Gasteiger partial charge in [0, 0.05) is 10.7 Å². The fourth-order valence-electron chi connectivity index (χ4n) is 3.28. The molecule has 4 aromatic rings. The van der Waals surface area contributed by atoms with E-state index in [4.69, 9.17) is 17.3 Å². The lowest BCUT2D eigenvalue weighted by Crippen LogP contribution is -2.27. The van der Waals surface area contributed by atoms with Crippen molar-refractivity contribution in [2.24, 2.45) is 0 Å². The van der Waals surface area contributed by atoms with Gasteiger partial charge < -0.3 is 16.4 Å². The largest absolute Gasteiger partial charge is 0.382 e. The Morgan fingerprint density at radius 2 is 2.03 bits per heavy atom. The zero-order chi connectivity index (χ0) is 25.5. The predicted molar refractivity (Wildman–Crippen MR) is 138 cm³/mol. The van der Waals surface area contributed by atoms with Gasteiger partial charge in [0.1, 0.15) is 5.69 Å². The van der Waals surface area contributed by atoms with Crippen molar-refractivity contribution in [3.63, 3.8) is 0 Å². The van der Waals surface area contributed by atoms with Crippen LogP contribution in [0.5, 0.6) is 0 Å². The van der Waals surface area contributed by atoms with Gasteiger partial charge in [-0.1, -0.05) is 37.4 Å². The maximum absolute atomic E-state index is 12.8. The van der Waals surface area contributed by atoms with Crippen molar-refractivity contribution >= 4 is 40.5 Å². The van der Waals surface area contributed by atoms with Crippen LogP contribution in [-0.2, 0) is 6.54 Å². The van der Waals surface area contributed by atoms with E-state index in [1.807, 2.05) is 12.1 Å². The molecule has 0 saturated heterocycles. The molecule has 4 rings (SSSR count). The number of halogens is 1. The minimum Gasteiger partial charge on any atom is -0.382 e. The van der Waals surface area contributed by atoms with E-state index < -0.39 is 5.91 Å². The molecule has 0 saturated carbocycles. The number of benzene rings is 1. The highest BCUT2D eigenvalue weighted by Crippen LogP contribution is 2.19. The summed E-state index contributed by atoms with van der Waals surface area (Å²) < 4.78 is 1.54. The third-order valence-corrected chi connectivity index (χ3v) is 5.50. The number of carbonyl (C=O) groups is 1. The monoisotopic (exact) mass is 504 g/mol. The number of hydrogen-bond acceptors (Lipinski definition) is 9. The molecule has 0 radical (unpaired) electrons. The molecule has 3 aromatic heterocycles. The first kappa shape index (κ1) is 24.8. The average Bonchev–Trinajstić information content (AvgIpc) is 3.28. The van der Waals surface area contributed by atoms with Gasteiger partial charge >= 0.3 is 0 Å². The number of fused-ring (bicyclic) bond motifs is 1. The van der Waals surface area contributed by atoms with Crippen LogP contribution in [0.1, 0.15) is 35.9 Å². The number of aromatic nitrogens is 6. The highest BCUT2D eigenvalue weighted by molar-refractivity contribution is 6.30. The van der Waals surface area contributed by atoms with Crippen molar-refractivity contribution in [1.29, 1.82) is 0 Å². The highest BCUT2D eigenvalue weighted by Gasteiger charge is 2.15. The van der Waals surface area contributed by atoms with Crippen molar-refractivity contribution in [2.45, 2.75) is 20.4 Å². The summed E-state index contributed by atoms with van der Waals surface area (Å²) in [5.74, 6) is 6.48. The van der Waals surface area contributed by atoms with Gasteiger partial charge in [0.25, 0.3) is 5.91 Å². The van der Waals surface area contributed by atoms with Crippen LogP contribution < -0.4 is 16.4 Å². The van der Waals surface area contributed by atoms with Gasteiger partial charge in [-0.3, -0.25) is 9.69 Å². The Hall–Kier alpha value is -4.27. The van der Waals surface area contributed by atoms with Crippen LogP contribution in [-0.4, -0.2) is 60.2 Å². The number of hydrogen-bond donors (Lipinski definition) is 3. The quantitative estimate of drug-likeness (QED) is 0.309. The Labute approximate surface area is 213 Å². The van der Waals surface area contributed by atoms with E-state index in [0.717, 1.165) is 18.8 Å². The Balaban J connectivity index is 1.46. The minimum absolute atomic E-state index is 0.00488. The maximum atomic E-state index is 12.8. The van der Waals surface area contributed by atoms with E-state index in [1.54, 1.807) is 24.3 Å². The lowest BCUT2D eigenvalue weighted by molar-refractivity contribution is 0.0945. The average molecular weight is 505 g/mol. The van der Waals surface area contributed by atoms with Crippen LogP contribution in [0, 0.1) is 11.8 Å². The molecule has 0 spiro atoms. The number of nitrogens with two attached hydrogens (primary N) is 1. The molecule has 1 aromatic carbocycles. The topological polar surface area (TPSA) is 139 Å². The summed E-state index contributed by atoms with van der Waals surface area (Å²) >= 11 is 6.05. The predicted octanol–water partition coefficient (Wildman–Crippen LogP) is 2.52. The van der Waals surface area contributed by atoms with Crippen LogP contribution >= 0.6 is 11.6 Å². The molecule has 0 unspecified atom stereocenters. The molecule has 3 heterocycles. The van der Waals surface area contributed by atoms with Crippen LogP contribution in [0.4, 0.5) is 17.3 Å². The Bertz CT molecular complexity index is 1440. The number of nitrogen functional groups attached to an aromatic ring is 1. The van der Waals surface area contributed by atoms with Gasteiger partial charge in [-0.05, 0) is 49.3 Å². The highest BCUT2D eigenvalue weighted by atomic mass is 35.5. The third kappa shape index (κ3) is 6.04. The van der Waals surface area contributed by atoms with Crippen molar-refractivity contribution < 1.29 is 4.79 Å². The molecule has 0 bridgehead atoms. The van der Waals surface area contributed by atoms with E-state index in [9.17, 15) is 4.79 Å². The molecule has 0 fully saturated rings. The van der Waals surface area contributed by atoms with Crippen molar-refractivity contribution in [3.8, 4) is 11.8 Å². The number of nitrogens with one attached hydrogen (secondary N) is 2. The second-order valence-electron chi connectivity index (χ2n) is 7.68. The molecule has 184 valence electrons. The Kier molecular flexibility index (Phi) is 7.89. The Morgan fingerprint density at radius 1 is 1.19 bits per heavy atom. The summed E-state index contributed by atoms with van der Waals surface area (Å²) in [5.41, 5.74) is 7.58. The molecule has 0 atom stereocenters. The zero-order valence-corrected chi connectivity index (χ0v) is 20.6. The standard InChI is InChI=1S/C24H25ClN10O/c1-3-34(4-2)12-6-9-18-14-27-23(26)22(30-18)24(36)28-15-21-32-31-20-11-10-19(33-35(20)21)29-17-8-5-7-16(25)13-17/h5,7-8,10-11,13-14H,3-4,12,15H2,1-2H3,(H2,26,27)(H,28,36)(H,29,33). The van der Waals surface area contributed by atoms with E-state index in [2.05, 4.69) is 66.5 Å². The summed E-state index contributed by atoms with van der Waals surface area (Å²) in [7, 11) is 0. The number of anilines is 3. The lowest BCUT2D eigenvalue weighted by atomic mass is 10.3. The molecule has 11 nitrogen and oxygen atoms in total. The molecule has 1 amide bonds. The summed E-state index contributed by atoms with van der Waals surface area (Å²) in [5, 5.41) is 19.3. The van der Waals surface area contributed by atoms with Crippen LogP contribution in [0.25, 0.3) is 5.65 Å². The molecule has 0 aliphatic heterocycles. The van der Waals surface area contributed by atoms with Gasteiger partial charge in [0.05, 0.1) is 19.3 Å². The summed E-state index contributed by atoms with van der Waals surface area (Å²) in [6, 6.07) is 10.8. The second kappa shape index (κ2) is 11.4. The van der Waals surface area contributed by atoms with Crippen molar-refractivity contribution in [1.82, 2.24) is 40.0 Å². The molecule has 0 aliphatic rings. The smallest absolute Gasteiger partial charge is 0.274 e. The van der Waals surface area contributed by atoms with E-state index in [-0.39, 0.29) is 18.1 Å². The zero-order valence-electron chi connectivity index (χ0n) is 19.9. The van der Waals surface area contributed by atoms with E-state index in [1.165, 1.54) is 10.7 Å². The van der Waals surface area contributed by atoms with Crippen LogP contribution in [0.15, 0.2) is 42.6 Å². The summed E-state index contributed by atoms with van der Waals surface area (Å²) in [6.45, 7) is 6.59. The number of carbonyl (C=O) groups excluding carboxylic acids is 1. The fraction of sp³-hybridized carbons (Fsp3) is 0.250. The molecule has 36 heavy (non-hydrogen) atoms. The molecule has 4 N–H and O–H groups in total. The summed E-state index contributed by atoms with van der Waals surface area (Å²) in [4.78, 5) is 23.3. The number of nitrogens with zero attached hydrogens (tertiary/aromatic N) is 7. The van der Waals surface area contributed by atoms with Gasteiger partial charge in [0.15, 0.2) is 28.8 Å². The molecule has 0 aliphatic carbocycles. The first-order valence-corrected chi connectivity index (χ1v) is 11.7. The van der Waals surface area contributed by atoms with Crippen LogP contribution in [0.3, 0.4) is 0 Å². The normalized spacial score (nSPS) is 10.8. The van der Waals surface area contributed by atoms with E-state index in [0.29, 0.717) is 34.6 Å². The minimum atomic E-state index is -0.502. The first-order valence-electron chi connectivity index (χ1n) is 11.3. The molecular formula is C24H25ClN10O. The SMILES string of the molecule is CCN(CC)CC#Cc1cnc(N)c(C(=O)NCc2nnc3ccc(Nc4cccc(Cl)c4)nn23)n1. The lowest BCUT2D eigenvalue weighted by Gasteiger charge is -2.13. The Morgan fingerprint density at radius 3 is 2.81 bits per heavy atom. The van der Waals surface area contributed by atoms with Gasteiger partial charge in [0.2, 0.25) is 0 Å². The third-order valence-electron chi connectivity index (χ3n) is 5.26. The maximum Gasteiger partial charge on any atom is 0.274 e. The number of amides is 1. The summed E-state index contributed by atoms with van der Waals surface area (Å²) in [6.07, 6.45) is 1.45. The van der Waals surface area contributed by atoms with Crippen LogP contribution in [0.2, 0.25) is 5.02 Å². The first-order chi connectivity index (χ1) is 17.5. The number of rotatable bonds is 8. The second-order valence-corrected chi connectivity index (χ2v) is 8.11.